The Balaban J connectivity index is 2.06. The van der Waals surface area contributed by atoms with Crippen molar-refractivity contribution in [2.24, 2.45) is 0 Å². The molecule has 1 aliphatic heterocycles. The van der Waals surface area contributed by atoms with Crippen molar-refractivity contribution < 1.29 is 19.2 Å². The molecule has 1 aliphatic rings. The first-order chi connectivity index (χ1) is 13.1. The van der Waals surface area contributed by atoms with Crippen molar-refractivity contribution in [3.8, 4) is 0 Å². The molecular formula is C20H31N3O4S. The summed E-state index contributed by atoms with van der Waals surface area (Å²) in [5, 5.41) is 4.69. The second-order valence-corrected chi connectivity index (χ2v) is 8.73. The molecule has 1 aromatic heterocycles. The van der Waals surface area contributed by atoms with E-state index >= 15 is 0 Å². The van der Waals surface area contributed by atoms with Crippen LogP contribution < -0.4 is 5.32 Å². The lowest BCUT2D eigenvalue weighted by molar-refractivity contribution is -0.288. The minimum absolute atomic E-state index is 0.0650. The number of thiol groups is 1. The van der Waals surface area contributed by atoms with Crippen LogP contribution in [0.5, 0.6) is 0 Å². The SMILES string of the molecule is COC(=O)C(CS)NC(=O)c1cncc(CON2C(C)(C)CCCC2(C)C)c1. The van der Waals surface area contributed by atoms with E-state index in [-0.39, 0.29) is 16.8 Å². The minimum atomic E-state index is -0.810. The Morgan fingerprint density at radius 1 is 1.25 bits per heavy atom. The molecule has 1 N–H and O–H groups in total. The predicted octanol–water partition coefficient (Wildman–Crippen LogP) is 2.76. The van der Waals surface area contributed by atoms with E-state index in [4.69, 9.17) is 4.84 Å². The first-order valence-electron chi connectivity index (χ1n) is 9.47. The third-order valence-electron chi connectivity index (χ3n) is 5.07. The Kier molecular flexibility index (Phi) is 7.47. The molecule has 1 fully saturated rings. The van der Waals surface area contributed by atoms with Crippen LogP contribution in [0.25, 0.3) is 0 Å². The van der Waals surface area contributed by atoms with E-state index in [0.29, 0.717) is 12.2 Å². The molecule has 156 valence electrons. The van der Waals surface area contributed by atoms with Gasteiger partial charge in [0, 0.05) is 29.2 Å². The number of aromatic nitrogens is 1. The van der Waals surface area contributed by atoms with Gasteiger partial charge in [-0.15, -0.1) is 0 Å². The summed E-state index contributed by atoms with van der Waals surface area (Å²) < 4.78 is 4.66. The fraction of sp³-hybridized carbons (Fsp3) is 0.650. The number of esters is 1. The maximum atomic E-state index is 12.5. The monoisotopic (exact) mass is 409 g/mol. The molecular weight excluding hydrogens is 378 g/mol. The molecule has 28 heavy (non-hydrogen) atoms. The number of nitrogens with zero attached hydrogens (tertiary/aromatic N) is 2. The first-order valence-corrected chi connectivity index (χ1v) is 10.1. The molecule has 1 aromatic rings. The number of methoxy groups -OCH3 is 1. The zero-order valence-electron chi connectivity index (χ0n) is 17.3. The Morgan fingerprint density at radius 2 is 1.89 bits per heavy atom. The van der Waals surface area contributed by atoms with Gasteiger partial charge < -0.3 is 10.1 Å². The van der Waals surface area contributed by atoms with Gasteiger partial charge in [-0.2, -0.15) is 17.7 Å². The van der Waals surface area contributed by atoms with Crippen LogP contribution in [0.4, 0.5) is 0 Å². The summed E-state index contributed by atoms with van der Waals surface area (Å²) in [7, 11) is 1.27. The normalized spacial score (nSPS) is 19.6. The highest BCUT2D eigenvalue weighted by Crippen LogP contribution is 2.38. The summed E-state index contributed by atoms with van der Waals surface area (Å²) in [5.74, 6) is -0.795. The van der Waals surface area contributed by atoms with E-state index in [1.165, 1.54) is 19.7 Å². The summed E-state index contributed by atoms with van der Waals surface area (Å²) in [6.07, 6.45) is 6.44. The average molecular weight is 410 g/mol. The van der Waals surface area contributed by atoms with Gasteiger partial charge in [0.15, 0.2) is 0 Å². The topological polar surface area (TPSA) is 80.8 Å². The minimum Gasteiger partial charge on any atom is -0.467 e. The molecule has 2 rings (SSSR count). The number of nitrogens with one attached hydrogen (secondary N) is 1. The van der Waals surface area contributed by atoms with Crippen LogP contribution >= 0.6 is 12.6 Å². The van der Waals surface area contributed by atoms with Crippen molar-refractivity contribution in [2.75, 3.05) is 12.9 Å². The quantitative estimate of drug-likeness (QED) is 0.532. The highest BCUT2D eigenvalue weighted by molar-refractivity contribution is 7.80. The van der Waals surface area contributed by atoms with Gasteiger partial charge in [-0.05, 0) is 58.6 Å². The number of hydroxylamine groups is 2. The van der Waals surface area contributed by atoms with Crippen LogP contribution in [0.1, 0.15) is 62.9 Å². The van der Waals surface area contributed by atoms with Crippen molar-refractivity contribution in [2.45, 2.75) is 70.7 Å². The standard InChI is InChI=1S/C20H31N3O4S/c1-19(2)7-6-8-20(3,4)23(19)27-12-14-9-15(11-21-10-14)17(24)22-16(13-28)18(25)26-5/h9-11,16,28H,6-8,12-13H2,1-5H3,(H,22,24). The smallest absolute Gasteiger partial charge is 0.329 e. The Labute approximate surface area is 172 Å². The van der Waals surface area contributed by atoms with Gasteiger partial charge in [0.1, 0.15) is 6.04 Å². The fourth-order valence-corrected chi connectivity index (χ4v) is 3.96. The van der Waals surface area contributed by atoms with E-state index in [2.05, 4.69) is 60.4 Å². The van der Waals surface area contributed by atoms with Gasteiger partial charge in [0.05, 0.1) is 19.3 Å². The number of carbonyl (C=O) groups excluding carboxylic acids is 2. The highest BCUT2D eigenvalue weighted by Gasteiger charge is 2.42. The molecule has 2 heterocycles. The molecule has 0 spiro atoms. The molecule has 1 amide bonds. The van der Waals surface area contributed by atoms with Gasteiger partial charge >= 0.3 is 5.97 Å². The molecule has 0 radical (unpaired) electrons. The van der Waals surface area contributed by atoms with Crippen molar-refractivity contribution in [3.63, 3.8) is 0 Å². The van der Waals surface area contributed by atoms with Crippen LogP contribution in [0.15, 0.2) is 18.5 Å². The lowest BCUT2D eigenvalue weighted by atomic mass is 9.82. The highest BCUT2D eigenvalue weighted by atomic mass is 32.1. The van der Waals surface area contributed by atoms with Crippen LogP contribution in [0.3, 0.4) is 0 Å². The third kappa shape index (κ3) is 5.46. The van der Waals surface area contributed by atoms with Crippen LogP contribution in [0, 0.1) is 0 Å². The van der Waals surface area contributed by atoms with Crippen LogP contribution in [-0.2, 0) is 21.0 Å². The summed E-state index contributed by atoms with van der Waals surface area (Å²) in [5.41, 5.74) is 1.01. The molecule has 1 unspecified atom stereocenters. The summed E-state index contributed by atoms with van der Waals surface area (Å²) in [6.45, 7) is 9.04. The number of carbonyl (C=O) groups is 2. The predicted molar refractivity (Wildman–Crippen MR) is 110 cm³/mol. The summed E-state index contributed by atoms with van der Waals surface area (Å²) in [4.78, 5) is 34.4. The number of pyridine rings is 1. The first kappa shape index (κ1) is 22.6. The molecule has 7 nitrogen and oxygen atoms in total. The number of hydrogen-bond donors (Lipinski definition) is 2. The Bertz CT molecular complexity index is 692. The van der Waals surface area contributed by atoms with Gasteiger partial charge in [0.2, 0.25) is 0 Å². The zero-order chi connectivity index (χ0) is 20.9. The van der Waals surface area contributed by atoms with Gasteiger partial charge in [-0.3, -0.25) is 14.6 Å². The lowest BCUT2D eigenvalue weighted by Crippen LogP contribution is -2.58. The number of hydrogen-bond acceptors (Lipinski definition) is 7. The second-order valence-electron chi connectivity index (χ2n) is 8.36. The molecule has 1 saturated heterocycles. The number of ether oxygens (including phenoxy) is 1. The van der Waals surface area contributed by atoms with Gasteiger partial charge in [0.25, 0.3) is 5.91 Å². The van der Waals surface area contributed by atoms with E-state index in [0.717, 1.165) is 18.4 Å². The molecule has 0 aliphatic carbocycles. The second kappa shape index (κ2) is 9.24. The van der Waals surface area contributed by atoms with Gasteiger partial charge in [-0.25, -0.2) is 4.79 Å². The largest absolute Gasteiger partial charge is 0.467 e. The van der Waals surface area contributed by atoms with Crippen LogP contribution in [-0.4, -0.2) is 51.9 Å². The van der Waals surface area contributed by atoms with Gasteiger partial charge in [-0.1, -0.05) is 0 Å². The number of amides is 1. The Morgan fingerprint density at radius 3 is 2.46 bits per heavy atom. The van der Waals surface area contributed by atoms with E-state index < -0.39 is 17.9 Å². The van der Waals surface area contributed by atoms with Crippen LogP contribution in [0.2, 0.25) is 0 Å². The molecule has 1 atom stereocenters. The number of piperidine rings is 1. The third-order valence-corrected chi connectivity index (χ3v) is 5.43. The zero-order valence-corrected chi connectivity index (χ0v) is 18.2. The maximum absolute atomic E-state index is 12.5. The maximum Gasteiger partial charge on any atom is 0.329 e. The van der Waals surface area contributed by atoms with E-state index in [1.807, 2.05) is 0 Å². The fourth-order valence-electron chi connectivity index (χ4n) is 3.72. The van der Waals surface area contributed by atoms with Crippen molar-refractivity contribution in [3.05, 3.63) is 29.6 Å². The molecule has 0 aromatic carbocycles. The molecule has 0 bridgehead atoms. The average Bonchev–Trinajstić information content (AvgIpc) is 2.64. The van der Waals surface area contributed by atoms with E-state index in [1.54, 1.807) is 12.3 Å². The summed E-state index contributed by atoms with van der Waals surface area (Å²) in [6, 6.07) is 0.912. The molecule has 8 heteroatoms. The lowest BCUT2D eigenvalue weighted by Gasteiger charge is -2.51. The summed E-state index contributed by atoms with van der Waals surface area (Å²) >= 11 is 4.08. The number of rotatable bonds is 7. The Hall–Kier alpha value is -1.64. The van der Waals surface area contributed by atoms with E-state index in [9.17, 15) is 9.59 Å². The molecule has 0 saturated carbocycles. The van der Waals surface area contributed by atoms with Crippen molar-refractivity contribution in [1.82, 2.24) is 15.4 Å². The van der Waals surface area contributed by atoms with Crippen molar-refractivity contribution >= 4 is 24.5 Å². The van der Waals surface area contributed by atoms with Crippen molar-refractivity contribution in [1.29, 1.82) is 0 Å².